The van der Waals surface area contributed by atoms with Gasteiger partial charge in [0.05, 0.1) is 12.7 Å². The lowest BCUT2D eigenvalue weighted by Crippen LogP contribution is -2.35. The number of aryl methyl sites for hydroxylation is 1. The van der Waals surface area contributed by atoms with E-state index in [0.717, 1.165) is 47.6 Å². The number of nitrogens with zero attached hydrogens (tertiary/aromatic N) is 1. The summed E-state index contributed by atoms with van der Waals surface area (Å²) in [4.78, 5) is 27.9. The number of amides is 1. The van der Waals surface area contributed by atoms with Crippen molar-refractivity contribution < 1.29 is 19.1 Å². The van der Waals surface area contributed by atoms with E-state index in [1.54, 1.807) is 17.8 Å². The fourth-order valence-electron chi connectivity index (χ4n) is 4.00. The highest BCUT2D eigenvalue weighted by atomic mass is 32.2. The van der Waals surface area contributed by atoms with Crippen LogP contribution in [0.15, 0.2) is 83.8 Å². The molecule has 196 valence electrons. The van der Waals surface area contributed by atoms with Crippen LogP contribution in [0.1, 0.15) is 54.1 Å². The van der Waals surface area contributed by atoms with Crippen molar-refractivity contribution in [2.45, 2.75) is 50.5 Å². The fraction of sp³-hybridized carbons (Fsp3) is 0.355. The molecule has 0 spiro atoms. The molecule has 0 aliphatic rings. The molecule has 3 aromatic rings. The van der Waals surface area contributed by atoms with E-state index in [-0.39, 0.29) is 18.5 Å². The van der Waals surface area contributed by atoms with E-state index < -0.39 is 0 Å². The Balaban J connectivity index is 1.54. The third-order valence-corrected chi connectivity index (χ3v) is 7.13. The van der Waals surface area contributed by atoms with Crippen LogP contribution in [0.4, 0.5) is 0 Å². The molecular weight excluding hydrogens is 482 g/mol. The normalized spacial score (nSPS) is 10.6. The molecule has 0 fully saturated rings. The summed E-state index contributed by atoms with van der Waals surface area (Å²) in [5.74, 6) is 1.17. The van der Waals surface area contributed by atoms with Crippen LogP contribution in [0, 0.1) is 0 Å². The molecule has 3 rings (SSSR count). The monoisotopic (exact) mass is 519 g/mol. The molecule has 0 aromatic heterocycles. The third kappa shape index (κ3) is 9.62. The highest BCUT2D eigenvalue weighted by molar-refractivity contribution is 7.99. The minimum absolute atomic E-state index is 0.000674. The molecule has 37 heavy (non-hydrogen) atoms. The van der Waals surface area contributed by atoms with Gasteiger partial charge in [0.25, 0.3) is 5.91 Å². The number of rotatable bonds is 15. The van der Waals surface area contributed by atoms with E-state index in [9.17, 15) is 9.59 Å². The molecule has 5 nitrogen and oxygen atoms in total. The molecule has 0 saturated carbocycles. The van der Waals surface area contributed by atoms with Gasteiger partial charge in [-0.3, -0.25) is 4.79 Å². The Kier molecular flexibility index (Phi) is 12.1. The first-order valence-corrected chi connectivity index (χ1v) is 13.9. The Bertz CT molecular complexity index is 1120. The summed E-state index contributed by atoms with van der Waals surface area (Å²) < 4.78 is 10.8. The van der Waals surface area contributed by atoms with Gasteiger partial charge in [0.2, 0.25) is 0 Å². The minimum atomic E-state index is -0.324. The van der Waals surface area contributed by atoms with Crippen molar-refractivity contribution >= 4 is 23.6 Å². The molecular formula is C31H37NO4S. The first-order valence-electron chi connectivity index (χ1n) is 12.9. The Hall–Kier alpha value is -3.25. The van der Waals surface area contributed by atoms with Gasteiger partial charge in [-0.05, 0) is 48.2 Å². The van der Waals surface area contributed by atoms with Crippen molar-refractivity contribution in [3.8, 4) is 5.75 Å². The van der Waals surface area contributed by atoms with E-state index in [1.807, 2.05) is 59.5 Å². The van der Waals surface area contributed by atoms with Gasteiger partial charge >= 0.3 is 5.97 Å². The van der Waals surface area contributed by atoms with Crippen LogP contribution >= 0.6 is 11.8 Å². The number of benzene rings is 3. The van der Waals surface area contributed by atoms with Gasteiger partial charge in [-0.15, -0.1) is 11.8 Å². The molecule has 0 bridgehead atoms. The van der Waals surface area contributed by atoms with Crippen LogP contribution < -0.4 is 4.74 Å². The second kappa shape index (κ2) is 15.8. The SMILES string of the molecule is CCCCCCN(Cc1ccccc1)C(=O)COc1cccc(CCSc2ccccc2C(=O)OC)c1. The summed E-state index contributed by atoms with van der Waals surface area (Å²) in [6.07, 6.45) is 5.28. The topological polar surface area (TPSA) is 55.8 Å². The maximum absolute atomic E-state index is 13.1. The van der Waals surface area contributed by atoms with Crippen molar-refractivity contribution in [2.24, 2.45) is 0 Å². The smallest absolute Gasteiger partial charge is 0.338 e. The van der Waals surface area contributed by atoms with Crippen molar-refractivity contribution in [3.05, 3.63) is 95.6 Å². The number of methoxy groups -OCH3 is 1. The van der Waals surface area contributed by atoms with Crippen LogP contribution in [-0.2, 0) is 22.5 Å². The summed E-state index contributed by atoms with van der Waals surface area (Å²) in [7, 11) is 1.40. The fourth-order valence-corrected chi connectivity index (χ4v) is 5.04. The highest BCUT2D eigenvalue weighted by Gasteiger charge is 2.15. The van der Waals surface area contributed by atoms with Gasteiger partial charge < -0.3 is 14.4 Å². The summed E-state index contributed by atoms with van der Waals surface area (Å²) in [6.45, 7) is 3.54. The number of hydrogen-bond donors (Lipinski definition) is 0. The lowest BCUT2D eigenvalue weighted by molar-refractivity contribution is -0.134. The molecule has 0 aliphatic carbocycles. The van der Waals surface area contributed by atoms with E-state index in [0.29, 0.717) is 17.9 Å². The zero-order chi connectivity index (χ0) is 26.3. The number of carbonyl (C=O) groups is 2. The summed E-state index contributed by atoms with van der Waals surface area (Å²) in [5.41, 5.74) is 2.83. The Morgan fingerprint density at radius 3 is 2.41 bits per heavy atom. The standard InChI is InChI=1S/C31H37NO4S/c1-3-4-5-11-20-32(23-26-13-7-6-8-14-26)30(33)24-36-27-16-12-15-25(22-27)19-21-37-29-18-10-9-17-28(29)31(34)35-2/h6-10,12-18,22H,3-5,11,19-21,23-24H2,1-2H3. The minimum Gasteiger partial charge on any atom is -0.484 e. The average molecular weight is 520 g/mol. The maximum Gasteiger partial charge on any atom is 0.338 e. The van der Waals surface area contributed by atoms with E-state index >= 15 is 0 Å². The maximum atomic E-state index is 13.1. The van der Waals surface area contributed by atoms with Crippen molar-refractivity contribution in [2.75, 3.05) is 26.0 Å². The van der Waals surface area contributed by atoms with Gasteiger partial charge in [0, 0.05) is 23.7 Å². The average Bonchev–Trinajstić information content (AvgIpc) is 2.94. The molecule has 3 aromatic carbocycles. The van der Waals surface area contributed by atoms with Crippen molar-refractivity contribution in [1.82, 2.24) is 4.90 Å². The molecule has 0 radical (unpaired) electrons. The van der Waals surface area contributed by atoms with Crippen LogP contribution in [0.2, 0.25) is 0 Å². The lowest BCUT2D eigenvalue weighted by Gasteiger charge is -2.23. The zero-order valence-corrected chi connectivity index (χ0v) is 22.7. The number of thioether (sulfide) groups is 1. The van der Waals surface area contributed by atoms with Crippen LogP contribution in [0.5, 0.6) is 5.75 Å². The number of carbonyl (C=O) groups excluding carboxylic acids is 2. The molecule has 0 unspecified atom stereocenters. The van der Waals surface area contributed by atoms with Crippen LogP contribution in [0.25, 0.3) is 0 Å². The first kappa shape index (κ1) is 28.3. The van der Waals surface area contributed by atoms with E-state index in [4.69, 9.17) is 9.47 Å². The van der Waals surface area contributed by atoms with E-state index in [1.165, 1.54) is 20.0 Å². The highest BCUT2D eigenvalue weighted by Crippen LogP contribution is 2.25. The number of unbranched alkanes of at least 4 members (excludes halogenated alkanes) is 3. The number of esters is 1. The summed E-state index contributed by atoms with van der Waals surface area (Å²) in [5, 5.41) is 0. The summed E-state index contributed by atoms with van der Waals surface area (Å²) in [6, 6.07) is 25.5. The van der Waals surface area contributed by atoms with Gasteiger partial charge in [-0.2, -0.15) is 0 Å². The van der Waals surface area contributed by atoms with Crippen LogP contribution in [0.3, 0.4) is 0 Å². The molecule has 0 heterocycles. The van der Waals surface area contributed by atoms with E-state index in [2.05, 4.69) is 25.1 Å². The first-order chi connectivity index (χ1) is 18.1. The Labute approximate surface area is 225 Å². The Morgan fingerprint density at radius 2 is 1.62 bits per heavy atom. The summed E-state index contributed by atoms with van der Waals surface area (Å²) >= 11 is 1.62. The molecule has 0 aliphatic heterocycles. The number of hydrogen-bond acceptors (Lipinski definition) is 5. The van der Waals surface area contributed by atoms with Gasteiger partial charge in [0.15, 0.2) is 6.61 Å². The molecule has 1 amide bonds. The van der Waals surface area contributed by atoms with Crippen molar-refractivity contribution in [1.29, 1.82) is 0 Å². The second-order valence-electron chi connectivity index (χ2n) is 8.88. The zero-order valence-electron chi connectivity index (χ0n) is 21.9. The molecule has 0 saturated heterocycles. The van der Waals surface area contributed by atoms with Gasteiger partial charge in [-0.25, -0.2) is 4.79 Å². The van der Waals surface area contributed by atoms with Crippen LogP contribution in [-0.4, -0.2) is 42.8 Å². The predicted octanol–water partition coefficient (Wildman–Crippen LogP) is 6.80. The molecule has 0 N–H and O–H groups in total. The van der Waals surface area contributed by atoms with Crippen molar-refractivity contribution in [3.63, 3.8) is 0 Å². The second-order valence-corrected chi connectivity index (χ2v) is 10.0. The van der Waals surface area contributed by atoms with Gasteiger partial charge in [-0.1, -0.05) is 80.8 Å². The number of ether oxygens (including phenoxy) is 2. The molecule has 0 atom stereocenters. The third-order valence-electron chi connectivity index (χ3n) is 6.05. The Morgan fingerprint density at radius 1 is 0.865 bits per heavy atom. The largest absolute Gasteiger partial charge is 0.484 e. The lowest BCUT2D eigenvalue weighted by atomic mass is 10.1. The van der Waals surface area contributed by atoms with Gasteiger partial charge in [0.1, 0.15) is 5.75 Å². The predicted molar refractivity (Wildman–Crippen MR) is 150 cm³/mol. The quantitative estimate of drug-likeness (QED) is 0.126. The molecule has 6 heteroatoms.